The van der Waals surface area contributed by atoms with E-state index in [-0.39, 0.29) is 11.9 Å². The summed E-state index contributed by atoms with van der Waals surface area (Å²) in [6, 6.07) is 7.97. The molecule has 0 atom stereocenters. The third kappa shape index (κ3) is 4.16. The molecule has 5 rings (SSSR count). The summed E-state index contributed by atoms with van der Waals surface area (Å²) in [6.07, 6.45) is 9.03. The van der Waals surface area contributed by atoms with Crippen molar-refractivity contribution < 1.29 is 4.79 Å². The Balaban J connectivity index is 1.45. The van der Waals surface area contributed by atoms with Gasteiger partial charge in [0.2, 0.25) is 0 Å². The number of nitrogens with zero attached hydrogens (tertiary/aromatic N) is 6. The molecule has 0 saturated carbocycles. The molecule has 0 aliphatic carbocycles. The van der Waals surface area contributed by atoms with Crippen molar-refractivity contribution in [2.24, 2.45) is 0 Å². The molecule has 1 N–H and O–H groups in total. The number of likely N-dealkylation sites (tertiary alicyclic amines) is 1. The molecule has 4 aromatic heterocycles. The molecule has 9 heteroatoms. The van der Waals surface area contributed by atoms with Gasteiger partial charge in [0.15, 0.2) is 5.65 Å². The number of piperidine rings is 1. The second-order valence-electron chi connectivity index (χ2n) is 8.46. The number of hydrogen-bond acceptors (Lipinski definition) is 5. The van der Waals surface area contributed by atoms with Gasteiger partial charge in [0.25, 0.3) is 0 Å². The Morgan fingerprint density at radius 1 is 1.15 bits per heavy atom. The fourth-order valence-electron chi connectivity index (χ4n) is 4.47. The molecule has 1 aliphatic heterocycles. The SMILES string of the molecule is CCNC(=O)N1CCC(c2nc3c(-c4ccc(-c5cccnc5)nc4)cnn3c(C)c2Br)CC1. The van der Waals surface area contributed by atoms with Crippen LogP contribution in [-0.4, -0.2) is 55.1 Å². The Labute approximate surface area is 206 Å². The van der Waals surface area contributed by atoms with Crippen LogP contribution in [0.4, 0.5) is 4.79 Å². The summed E-state index contributed by atoms with van der Waals surface area (Å²) in [4.78, 5) is 28.0. The summed E-state index contributed by atoms with van der Waals surface area (Å²) in [7, 11) is 0. The average molecular weight is 520 g/mol. The van der Waals surface area contributed by atoms with Gasteiger partial charge in [-0.25, -0.2) is 14.3 Å². The lowest BCUT2D eigenvalue weighted by molar-refractivity contribution is 0.181. The van der Waals surface area contributed by atoms with E-state index in [2.05, 4.69) is 42.4 Å². The van der Waals surface area contributed by atoms with Crippen molar-refractivity contribution in [1.82, 2.24) is 34.8 Å². The summed E-state index contributed by atoms with van der Waals surface area (Å²) in [5.41, 5.74) is 6.63. The highest BCUT2D eigenvalue weighted by Gasteiger charge is 2.27. The van der Waals surface area contributed by atoms with Crippen LogP contribution in [-0.2, 0) is 0 Å². The first kappa shape index (κ1) is 22.5. The summed E-state index contributed by atoms with van der Waals surface area (Å²) in [5, 5.41) is 7.50. The molecule has 0 bridgehead atoms. The molecule has 34 heavy (non-hydrogen) atoms. The Kier molecular flexibility index (Phi) is 6.28. The van der Waals surface area contributed by atoms with Crippen LogP contribution in [0.15, 0.2) is 53.5 Å². The van der Waals surface area contributed by atoms with Gasteiger partial charge in [0, 0.05) is 60.8 Å². The van der Waals surface area contributed by atoms with Gasteiger partial charge >= 0.3 is 6.03 Å². The standard InChI is InChI=1S/C25H26BrN7O/c1-3-28-25(34)32-11-8-17(9-12-32)23-22(26)16(2)33-24(31-23)20(15-30-33)18-6-7-21(29-14-18)19-5-4-10-27-13-19/h4-7,10,13-15,17H,3,8-9,11-12H2,1-2H3,(H,28,34). The minimum atomic E-state index is 0.0138. The zero-order valence-electron chi connectivity index (χ0n) is 19.2. The number of amides is 2. The van der Waals surface area contributed by atoms with E-state index in [9.17, 15) is 4.79 Å². The van der Waals surface area contributed by atoms with E-state index in [0.29, 0.717) is 6.54 Å². The summed E-state index contributed by atoms with van der Waals surface area (Å²) >= 11 is 3.77. The molecule has 1 saturated heterocycles. The molecular weight excluding hydrogens is 494 g/mol. The second kappa shape index (κ2) is 9.50. The van der Waals surface area contributed by atoms with Crippen LogP contribution in [0.25, 0.3) is 28.0 Å². The lowest BCUT2D eigenvalue weighted by atomic mass is 9.93. The van der Waals surface area contributed by atoms with Crippen molar-refractivity contribution in [1.29, 1.82) is 0 Å². The average Bonchev–Trinajstić information content (AvgIpc) is 3.31. The molecule has 174 valence electrons. The lowest BCUT2D eigenvalue weighted by Crippen LogP contribution is -2.44. The van der Waals surface area contributed by atoms with Gasteiger partial charge < -0.3 is 10.2 Å². The number of halogens is 1. The summed E-state index contributed by atoms with van der Waals surface area (Å²) in [5.74, 6) is 0.276. The molecule has 2 amide bonds. The largest absolute Gasteiger partial charge is 0.338 e. The van der Waals surface area contributed by atoms with E-state index >= 15 is 0 Å². The van der Waals surface area contributed by atoms with Crippen LogP contribution in [0.2, 0.25) is 0 Å². The van der Waals surface area contributed by atoms with Crippen LogP contribution < -0.4 is 5.32 Å². The van der Waals surface area contributed by atoms with E-state index in [1.807, 2.05) is 60.1 Å². The molecule has 0 spiro atoms. The minimum absolute atomic E-state index is 0.0138. The molecular formula is C25H26BrN7O. The highest BCUT2D eigenvalue weighted by molar-refractivity contribution is 9.10. The van der Waals surface area contributed by atoms with Crippen molar-refractivity contribution in [2.75, 3.05) is 19.6 Å². The zero-order chi connectivity index (χ0) is 23.7. The van der Waals surface area contributed by atoms with Crippen molar-refractivity contribution in [3.8, 4) is 22.4 Å². The molecule has 0 aromatic carbocycles. The zero-order valence-corrected chi connectivity index (χ0v) is 20.8. The number of rotatable bonds is 4. The first-order chi connectivity index (χ1) is 16.6. The van der Waals surface area contributed by atoms with Gasteiger partial charge in [-0.05, 0) is 60.8 Å². The minimum Gasteiger partial charge on any atom is -0.338 e. The summed E-state index contributed by atoms with van der Waals surface area (Å²) < 4.78 is 2.86. The quantitative estimate of drug-likeness (QED) is 0.417. The first-order valence-electron chi connectivity index (χ1n) is 11.5. The van der Waals surface area contributed by atoms with Gasteiger partial charge in [-0.15, -0.1) is 0 Å². The Bertz CT molecular complexity index is 1310. The summed E-state index contributed by atoms with van der Waals surface area (Å²) in [6.45, 7) is 6.08. The first-order valence-corrected chi connectivity index (χ1v) is 12.3. The number of carbonyl (C=O) groups excluding carboxylic acids is 1. The highest BCUT2D eigenvalue weighted by Crippen LogP contribution is 2.35. The lowest BCUT2D eigenvalue weighted by Gasteiger charge is -2.32. The maximum Gasteiger partial charge on any atom is 0.317 e. The number of urea groups is 1. The van der Waals surface area contributed by atoms with Gasteiger partial charge in [0.05, 0.1) is 27.8 Å². The van der Waals surface area contributed by atoms with Gasteiger partial charge in [-0.1, -0.05) is 6.07 Å². The normalized spacial score (nSPS) is 14.5. The van der Waals surface area contributed by atoms with Gasteiger partial charge in [-0.3, -0.25) is 9.97 Å². The Morgan fingerprint density at radius 2 is 1.97 bits per heavy atom. The molecule has 4 aromatic rings. The third-order valence-electron chi connectivity index (χ3n) is 6.36. The van der Waals surface area contributed by atoms with Crippen LogP contribution in [0.5, 0.6) is 0 Å². The van der Waals surface area contributed by atoms with Crippen LogP contribution in [0.3, 0.4) is 0 Å². The van der Waals surface area contributed by atoms with Crippen molar-refractivity contribution in [2.45, 2.75) is 32.6 Å². The fourth-order valence-corrected chi connectivity index (χ4v) is 5.05. The van der Waals surface area contributed by atoms with Crippen LogP contribution in [0, 0.1) is 6.92 Å². The predicted molar refractivity (Wildman–Crippen MR) is 135 cm³/mol. The number of aromatic nitrogens is 5. The Morgan fingerprint density at radius 3 is 2.65 bits per heavy atom. The maximum absolute atomic E-state index is 12.2. The molecule has 0 radical (unpaired) electrons. The van der Waals surface area contributed by atoms with Crippen molar-refractivity contribution >= 4 is 27.6 Å². The monoisotopic (exact) mass is 519 g/mol. The topological polar surface area (TPSA) is 88.3 Å². The number of aryl methyl sites for hydroxylation is 1. The van der Waals surface area contributed by atoms with E-state index in [1.165, 1.54) is 0 Å². The molecule has 8 nitrogen and oxygen atoms in total. The third-order valence-corrected chi connectivity index (χ3v) is 7.34. The number of hydrogen-bond donors (Lipinski definition) is 1. The molecule has 1 aliphatic rings. The van der Waals surface area contributed by atoms with E-state index < -0.39 is 0 Å². The number of fused-ring (bicyclic) bond motifs is 1. The van der Waals surface area contributed by atoms with Crippen molar-refractivity contribution in [3.05, 3.63) is 64.9 Å². The van der Waals surface area contributed by atoms with Crippen LogP contribution in [0.1, 0.15) is 37.1 Å². The van der Waals surface area contributed by atoms with Crippen molar-refractivity contribution in [3.63, 3.8) is 0 Å². The van der Waals surface area contributed by atoms with E-state index in [1.54, 1.807) is 6.20 Å². The molecule has 1 fully saturated rings. The molecule has 0 unspecified atom stereocenters. The number of pyridine rings is 2. The maximum atomic E-state index is 12.2. The smallest absolute Gasteiger partial charge is 0.317 e. The fraction of sp³-hybridized carbons (Fsp3) is 0.320. The van der Waals surface area contributed by atoms with Crippen LogP contribution >= 0.6 is 15.9 Å². The van der Waals surface area contributed by atoms with E-state index in [4.69, 9.17) is 4.98 Å². The predicted octanol–water partition coefficient (Wildman–Crippen LogP) is 4.83. The number of carbonyl (C=O) groups is 1. The second-order valence-corrected chi connectivity index (χ2v) is 9.25. The van der Waals surface area contributed by atoms with Gasteiger partial charge in [0.1, 0.15) is 0 Å². The van der Waals surface area contributed by atoms with E-state index in [0.717, 1.165) is 69.8 Å². The van der Waals surface area contributed by atoms with Gasteiger partial charge in [-0.2, -0.15) is 5.10 Å². The highest BCUT2D eigenvalue weighted by atomic mass is 79.9. The molecule has 5 heterocycles. The number of nitrogens with one attached hydrogen (secondary N) is 1. The Hall–Kier alpha value is -3.33.